The van der Waals surface area contributed by atoms with E-state index >= 15 is 0 Å². The highest BCUT2D eigenvalue weighted by Crippen LogP contribution is 2.69. The molecule has 0 heterocycles. The van der Waals surface area contributed by atoms with Crippen LogP contribution in [0.5, 0.6) is 0 Å². The van der Waals surface area contributed by atoms with Gasteiger partial charge in [0.15, 0.2) is 6.10 Å². The summed E-state index contributed by atoms with van der Waals surface area (Å²) in [5, 5.41) is 5.92. The molecule has 2 unspecified atom stereocenters. The van der Waals surface area contributed by atoms with Crippen LogP contribution >= 0.6 is 22.8 Å². The summed E-state index contributed by atoms with van der Waals surface area (Å²) in [5.74, 6) is -0.779. The molecule has 2 atom stereocenters. The minimum absolute atomic E-state index is 0.0483. The summed E-state index contributed by atoms with van der Waals surface area (Å²) in [6.07, 6.45) is 1.18. The Labute approximate surface area is 211 Å². The van der Waals surface area contributed by atoms with Crippen molar-refractivity contribution >= 4 is 34.7 Å². The van der Waals surface area contributed by atoms with Crippen molar-refractivity contribution in [3.05, 3.63) is 0 Å². The fourth-order valence-corrected chi connectivity index (χ4v) is 5.75. The molecule has 0 aromatic heterocycles. The molecule has 36 heavy (non-hydrogen) atoms. The van der Waals surface area contributed by atoms with Gasteiger partial charge in [-0.25, -0.2) is 0 Å². The highest BCUT2D eigenvalue weighted by molar-refractivity contribution is 7.72. The maximum Gasteiger partial charge on any atom is 0.369 e. The van der Waals surface area contributed by atoms with Crippen LogP contribution in [0.3, 0.4) is 0 Å². The summed E-state index contributed by atoms with van der Waals surface area (Å²) in [6.45, 7) is 8.46. The Bertz CT molecular complexity index is 768. The van der Waals surface area contributed by atoms with Gasteiger partial charge in [0.05, 0.1) is 13.2 Å². The molecule has 0 fully saturated rings. The predicted octanol–water partition coefficient (Wildman–Crippen LogP) is 3.10. The molecule has 14 nitrogen and oxygen atoms in total. The van der Waals surface area contributed by atoms with Gasteiger partial charge in [0, 0.05) is 19.5 Å². The second-order valence-corrected chi connectivity index (χ2v) is 13.9. The Hall–Kier alpha value is -0.650. The molecule has 0 saturated carbocycles. The van der Waals surface area contributed by atoms with E-state index in [4.69, 9.17) is 43.2 Å². The summed E-state index contributed by atoms with van der Waals surface area (Å²) in [4.78, 5) is 57.3. The molecular formula is C19H41O14P3. The van der Waals surface area contributed by atoms with Crippen molar-refractivity contribution in [3.8, 4) is 0 Å². The first-order valence-corrected chi connectivity index (χ1v) is 16.7. The topological polar surface area (TPSA) is 223 Å². The van der Waals surface area contributed by atoms with E-state index in [2.05, 4.69) is 0 Å². The van der Waals surface area contributed by atoms with E-state index in [0.717, 1.165) is 0 Å². The molecular weight excluding hydrogens is 545 g/mol. The lowest BCUT2D eigenvalue weighted by molar-refractivity contribution is -0.161. The monoisotopic (exact) mass is 586 g/mol. The van der Waals surface area contributed by atoms with Crippen LogP contribution in [0.2, 0.25) is 0 Å². The molecule has 0 bridgehead atoms. The predicted molar refractivity (Wildman–Crippen MR) is 130 cm³/mol. The van der Waals surface area contributed by atoms with Crippen molar-refractivity contribution in [1.82, 2.24) is 0 Å². The lowest BCUT2D eigenvalue weighted by Crippen LogP contribution is -2.29. The van der Waals surface area contributed by atoms with Gasteiger partial charge in [-0.05, 0) is 25.7 Å². The van der Waals surface area contributed by atoms with Crippen LogP contribution in [0.25, 0.3) is 0 Å². The third kappa shape index (κ3) is 15.6. The molecule has 0 radical (unpaired) electrons. The number of esters is 2. The summed E-state index contributed by atoms with van der Waals surface area (Å²) in [6, 6.07) is 0. The quantitative estimate of drug-likeness (QED) is 0.122. The fourth-order valence-electron chi connectivity index (χ4n) is 2.34. The molecule has 0 aliphatic rings. The molecule has 0 aliphatic carbocycles. The first-order valence-electron chi connectivity index (χ1n) is 11.5. The zero-order valence-corrected chi connectivity index (χ0v) is 24.1. The van der Waals surface area contributed by atoms with Gasteiger partial charge in [0.1, 0.15) is 6.61 Å². The summed E-state index contributed by atoms with van der Waals surface area (Å²) in [7, 11) is -13.7. The van der Waals surface area contributed by atoms with E-state index in [1.165, 1.54) is 13.6 Å². The van der Waals surface area contributed by atoms with Gasteiger partial charge < -0.3 is 43.2 Å². The first kappa shape index (κ1) is 37.5. The van der Waals surface area contributed by atoms with E-state index < -0.39 is 46.4 Å². The van der Waals surface area contributed by atoms with E-state index in [-0.39, 0.29) is 32.0 Å². The van der Waals surface area contributed by atoms with Crippen LogP contribution in [-0.4, -0.2) is 74.3 Å². The smallest absolute Gasteiger partial charge is 0.369 e. The Kier molecular flexibility index (Phi) is 18.5. The highest BCUT2D eigenvalue weighted by atomic mass is 31.2. The Morgan fingerprint density at radius 3 is 1.67 bits per heavy atom. The number of carbonyl (C=O) groups is 2. The second kappa shape index (κ2) is 17.8. The minimum atomic E-state index is -5.23. The minimum Gasteiger partial charge on any atom is -0.462 e. The third-order valence-corrected chi connectivity index (χ3v) is 9.33. The third-order valence-electron chi connectivity index (χ3n) is 4.18. The molecule has 17 heteroatoms. The zero-order valence-electron chi connectivity index (χ0n) is 21.4. The first-order chi connectivity index (χ1) is 16.4. The van der Waals surface area contributed by atoms with Gasteiger partial charge in [-0.1, -0.05) is 34.1 Å². The van der Waals surface area contributed by atoms with Gasteiger partial charge in [0.2, 0.25) is 0 Å². The molecule has 0 aliphatic heterocycles. The maximum absolute atomic E-state index is 12.0. The lowest BCUT2D eigenvalue weighted by Gasteiger charge is -2.28. The fraction of sp³-hybridized carbons (Fsp3) is 0.895. The zero-order chi connectivity index (χ0) is 28.6. The molecule has 0 saturated heterocycles. The van der Waals surface area contributed by atoms with Crippen molar-refractivity contribution in [2.75, 3.05) is 26.5 Å². The number of hydrogen-bond donors (Lipinski definition) is 5. The Morgan fingerprint density at radius 2 is 1.28 bits per heavy atom. The van der Waals surface area contributed by atoms with Crippen molar-refractivity contribution in [3.63, 3.8) is 0 Å². The average molecular weight is 586 g/mol. The molecule has 0 amide bonds. The molecule has 5 N–H and O–H groups in total. The van der Waals surface area contributed by atoms with Gasteiger partial charge >= 0.3 is 34.7 Å². The average Bonchev–Trinajstić information content (AvgIpc) is 2.73. The van der Waals surface area contributed by atoms with Crippen LogP contribution in [0.4, 0.5) is 0 Å². The maximum atomic E-state index is 12.0. The Morgan fingerprint density at radius 1 is 0.778 bits per heavy atom. The lowest BCUT2D eigenvalue weighted by atomic mass is 10.3. The van der Waals surface area contributed by atoms with Gasteiger partial charge in [-0.3, -0.25) is 23.3 Å². The van der Waals surface area contributed by atoms with Crippen LogP contribution in [0.1, 0.15) is 72.6 Å². The molecule has 0 aromatic carbocycles. The van der Waals surface area contributed by atoms with Crippen molar-refractivity contribution in [1.29, 1.82) is 0 Å². The molecule has 0 spiro atoms. The summed E-state index contributed by atoms with van der Waals surface area (Å²) < 4.78 is 53.9. The van der Waals surface area contributed by atoms with Crippen LogP contribution in [0.15, 0.2) is 0 Å². The van der Waals surface area contributed by atoms with Crippen molar-refractivity contribution in [2.24, 2.45) is 0 Å². The highest BCUT2D eigenvalue weighted by Gasteiger charge is 2.58. The molecule has 0 aromatic rings. The van der Waals surface area contributed by atoms with Gasteiger partial charge in [-0.15, -0.1) is 0 Å². The number of rotatable bonds is 17. The standard InChI is InChI=1S/C15H29O7P.C4H12O7P2/c1-5-8-14(16)19-11-13(22-15(17)9-6-2)12-21-23(4,18)20-10-7-3;1-2-3-4(5,12(6,7)8)13(9,10)11/h13H,5-12H2,1-4H3;5H,2-3H2,1H3,(H2,6,7,8)(H2,9,10,11). The van der Waals surface area contributed by atoms with Crippen molar-refractivity contribution in [2.45, 2.75) is 83.8 Å². The van der Waals surface area contributed by atoms with E-state index in [0.29, 0.717) is 32.3 Å². The van der Waals surface area contributed by atoms with Crippen molar-refractivity contribution < 1.29 is 66.5 Å². The number of ether oxygens (including phenoxy) is 2. The Balaban J connectivity index is 0. The van der Waals surface area contributed by atoms with Gasteiger partial charge in [0.25, 0.3) is 5.08 Å². The van der Waals surface area contributed by atoms with E-state index in [9.17, 15) is 23.3 Å². The van der Waals surface area contributed by atoms with Gasteiger partial charge in [-0.2, -0.15) is 0 Å². The van der Waals surface area contributed by atoms with Crippen LogP contribution in [-0.2, 0) is 41.8 Å². The molecule has 216 valence electrons. The normalized spacial score (nSPS) is 14.7. The number of hydrogen-bond acceptors (Lipinski definition) is 10. The SMILES string of the molecule is CCCC(O)(P(=O)(O)O)P(=O)(O)O.CCCOP(C)(=O)OCC(COC(=O)CCC)OC(=O)CCC. The summed E-state index contributed by atoms with van der Waals surface area (Å²) in [5.41, 5.74) is 0. The second-order valence-electron chi connectivity index (χ2n) is 7.81. The summed E-state index contributed by atoms with van der Waals surface area (Å²) >= 11 is 0. The van der Waals surface area contributed by atoms with E-state index in [1.807, 2.05) is 20.8 Å². The molecule has 0 rings (SSSR count). The number of carbonyl (C=O) groups excluding carboxylic acids is 2. The largest absolute Gasteiger partial charge is 0.462 e. The number of aliphatic hydroxyl groups is 1. The van der Waals surface area contributed by atoms with Crippen LogP contribution < -0.4 is 0 Å². The van der Waals surface area contributed by atoms with Crippen LogP contribution in [0, 0.1) is 0 Å². The van der Waals surface area contributed by atoms with E-state index in [1.54, 1.807) is 0 Å².